The van der Waals surface area contributed by atoms with Crippen molar-refractivity contribution < 1.29 is 13.2 Å². The van der Waals surface area contributed by atoms with Crippen molar-refractivity contribution in [1.29, 1.82) is 0 Å². The van der Waals surface area contributed by atoms with Gasteiger partial charge in [-0.15, -0.1) is 0 Å². The monoisotopic (exact) mass is 223 g/mol. The van der Waals surface area contributed by atoms with Gasteiger partial charge in [0.15, 0.2) is 0 Å². The summed E-state index contributed by atoms with van der Waals surface area (Å²) in [6, 6.07) is 2.65. The lowest BCUT2D eigenvalue weighted by molar-refractivity contribution is 0.116. The molecule has 0 aliphatic heterocycles. The maximum Gasteiger partial charge on any atom is 0.253 e. The first-order valence-electron chi connectivity index (χ1n) is 3.98. The van der Waals surface area contributed by atoms with Gasteiger partial charge in [0.2, 0.25) is 0 Å². The van der Waals surface area contributed by atoms with E-state index in [1.807, 2.05) is 0 Å². The van der Waals surface area contributed by atoms with Crippen molar-refractivity contribution in [3.05, 3.63) is 34.6 Å². The van der Waals surface area contributed by atoms with Crippen LogP contribution in [0.1, 0.15) is 5.56 Å². The van der Waals surface area contributed by atoms with Crippen molar-refractivity contribution in [3.63, 3.8) is 0 Å². The number of nitrogens with two attached hydrogens (primary N) is 1. The van der Waals surface area contributed by atoms with Crippen LogP contribution in [-0.4, -0.2) is 12.5 Å². The third kappa shape index (κ3) is 2.89. The van der Waals surface area contributed by atoms with Crippen LogP contribution in [-0.2, 0) is 6.42 Å². The van der Waals surface area contributed by atoms with Crippen LogP contribution in [0.4, 0.5) is 13.2 Å². The standard InChI is InChI=1S/C9H9ClF3N/c10-6-2-1-5(3-7(6)11)4-8(14)9(12)13/h1-3,8-9H,4,14H2. The Balaban J connectivity index is 2.73. The zero-order chi connectivity index (χ0) is 10.7. The molecule has 1 unspecified atom stereocenters. The van der Waals surface area contributed by atoms with Crippen molar-refractivity contribution in [2.45, 2.75) is 18.9 Å². The fourth-order valence-corrected chi connectivity index (χ4v) is 1.15. The lowest BCUT2D eigenvalue weighted by Crippen LogP contribution is -2.30. The largest absolute Gasteiger partial charge is 0.323 e. The summed E-state index contributed by atoms with van der Waals surface area (Å²) in [4.78, 5) is 0. The number of hydrogen-bond acceptors (Lipinski definition) is 1. The van der Waals surface area contributed by atoms with Gasteiger partial charge in [-0.3, -0.25) is 0 Å². The zero-order valence-corrected chi connectivity index (χ0v) is 7.94. The molecule has 0 aliphatic carbocycles. The van der Waals surface area contributed by atoms with Gasteiger partial charge in [-0.05, 0) is 24.1 Å². The van der Waals surface area contributed by atoms with Crippen LogP contribution in [0.5, 0.6) is 0 Å². The Hall–Kier alpha value is -0.740. The number of rotatable bonds is 3. The highest BCUT2D eigenvalue weighted by molar-refractivity contribution is 6.30. The van der Waals surface area contributed by atoms with Gasteiger partial charge in [0, 0.05) is 0 Å². The van der Waals surface area contributed by atoms with Crippen molar-refractivity contribution in [2.24, 2.45) is 5.73 Å². The molecule has 0 aromatic heterocycles. The van der Waals surface area contributed by atoms with Gasteiger partial charge in [0.25, 0.3) is 6.43 Å². The van der Waals surface area contributed by atoms with E-state index in [0.29, 0.717) is 5.56 Å². The first-order chi connectivity index (χ1) is 6.50. The molecular weight excluding hydrogens is 215 g/mol. The summed E-state index contributed by atoms with van der Waals surface area (Å²) in [5.41, 5.74) is 5.55. The van der Waals surface area contributed by atoms with Crippen LogP contribution in [0.25, 0.3) is 0 Å². The van der Waals surface area contributed by atoms with Gasteiger partial charge >= 0.3 is 0 Å². The highest BCUT2D eigenvalue weighted by atomic mass is 35.5. The Bertz CT molecular complexity index is 317. The molecule has 0 heterocycles. The highest BCUT2D eigenvalue weighted by Crippen LogP contribution is 2.17. The molecule has 1 aromatic carbocycles. The lowest BCUT2D eigenvalue weighted by Gasteiger charge is -2.10. The van der Waals surface area contributed by atoms with Gasteiger partial charge in [0.1, 0.15) is 5.82 Å². The smallest absolute Gasteiger partial charge is 0.253 e. The third-order valence-corrected chi connectivity index (χ3v) is 2.09. The summed E-state index contributed by atoms with van der Waals surface area (Å²) >= 11 is 5.43. The molecule has 1 nitrogen and oxygen atoms in total. The quantitative estimate of drug-likeness (QED) is 0.838. The van der Waals surface area contributed by atoms with Crippen LogP contribution in [0.3, 0.4) is 0 Å². The van der Waals surface area contributed by atoms with Crippen LogP contribution >= 0.6 is 11.6 Å². The van der Waals surface area contributed by atoms with E-state index in [2.05, 4.69) is 0 Å². The van der Waals surface area contributed by atoms with Crippen LogP contribution < -0.4 is 5.73 Å². The summed E-state index contributed by atoms with van der Waals surface area (Å²) in [6.45, 7) is 0. The molecule has 0 saturated heterocycles. The van der Waals surface area contributed by atoms with Crippen LogP contribution in [0.15, 0.2) is 18.2 Å². The topological polar surface area (TPSA) is 26.0 Å². The molecule has 1 atom stereocenters. The Morgan fingerprint density at radius 3 is 2.50 bits per heavy atom. The average molecular weight is 224 g/mol. The Morgan fingerprint density at radius 1 is 1.36 bits per heavy atom. The fraction of sp³-hybridized carbons (Fsp3) is 0.333. The molecule has 0 amide bonds. The van der Waals surface area contributed by atoms with Crippen molar-refractivity contribution in [1.82, 2.24) is 0 Å². The van der Waals surface area contributed by atoms with E-state index in [1.165, 1.54) is 12.1 Å². The predicted octanol–water partition coefficient (Wildman–Crippen LogP) is 2.61. The second-order valence-electron chi connectivity index (χ2n) is 2.95. The fourth-order valence-electron chi connectivity index (χ4n) is 1.03. The molecule has 0 fully saturated rings. The number of hydrogen-bond donors (Lipinski definition) is 1. The summed E-state index contributed by atoms with van der Waals surface area (Å²) in [6.07, 6.45) is -2.67. The maximum absolute atomic E-state index is 12.9. The van der Waals surface area contributed by atoms with Gasteiger partial charge in [-0.2, -0.15) is 0 Å². The second kappa shape index (κ2) is 4.66. The normalized spacial score (nSPS) is 13.3. The lowest BCUT2D eigenvalue weighted by atomic mass is 10.1. The third-order valence-electron chi connectivity index (χ3n) is 1.78. The highest BCUT2D eigenvalue weighted by Gasteiger charge is 2.15. The first-order valence-corrected chi connectivity index (χ1v) is 4.36. The molecular formula is C9H9ClF3N. The Labute approximate surface area is 84.7 Å². The number of halogens is 4. The molecule has 0 spiro atoms. The summed E-state index contributed by atoms with van der Waals surface area (Å²) in [7, 11) is 0. The van der Waals surface area contributed by atoms with Crippen LogP contribution in [0, 0.1) is 5.82 Å². The number of benzene rings is 1. The molecule has 0 bridgehead atoms. The van der Waals surface area contributed by atoms with E-state index < -0.39 is 18.3 Å². The summed E-state index contributed by atoms with van der Waals surface area (Å²) in [5, 5.41) is -0.0284. The van der Waals surface area contributed by atoms with E-state index in [9.17, 15) is 13.2 Å². The summed E-state index contributed by atoms with van der Waals surface area (Å²) < 4.78 is 37.0. The molecule has 0 radical (unpaired) electrons. The molecule has 2 N–H and O–H groups in total. The molecule has 78 valence electrons. The van der Waals surface area contributed by atoms with Gasteiger partial charge < -0.3 is 5.73 Å². The van der Waals surface area contributed by atoms with Gasteiger partial charge in [-0.25, -0.2) is 13.2 Å². The minimum absolute atomic E-state index is 0.0284. The zero-order valence-electron chi connectivity index (χ0n) is 7.18. The predicted molar refractivity (Wildman–Crippen MR) is 49.1 cm³/mol. The Kier molecular flexibility index (Phi) is 3.77. The molecule has 0 saturated carbocycles. The van der Waals surface area contributed by atoms with E-state index in [0.717, 1.165) is 6.07 Å². The Morgan fingerprint density at radius 2 is 2.00 bits per heavy atom. The minimum atomic E-state index is -2.60. The van der Waals surface area contributed by atoms with Crippen LogP contribution in [0.2, 0.25) is 5.02 Å². The average Bonchev–Trinajstić information content (AvgIpc) is 2.11. The van der Waals surface area contributed by atoms with Crippen molar-refractivity contribution in [3.8, 4) is 0 Å². The molecule has 1 rings (SSSR count). The maximum atomic E-state index is 12.9. The number of alkyl halides is 2. The van der Waals surface area contributed by atoms with Crippen molar-refractivity contribution >= 4 is 11.6 Å². The van der Waals surface area contributed by atoms with E-state index in [4.69, 9.17) is 17.3 Å². The SMILES string of the molecule is NC(Cc1ccc(Cl)c(F)c1)C(F)F. The molecule has 0 aliphatic rings. The van der Waals surface area contributed by atoms with Gasteiger partial charge in [-0.1, -0.05) is 17.7 Å². The molecule has 1 aromatic rings. The molecule has 14 heavy (non-hydrogen) atoms. The van der Waals surface area contributed by atoms with Crippen molar-refractivity contribution in [2.75, 3.05) is 0 Å². The minimum Gasteiger partial charge on any atom is -0.323 e. The van der Waals surface area contributed by atoms with E-state index in [1.54, 1.807) is 0 Å². The first kappa shape index (κ1) is 11.3. The van der Waals surface area contributed by atoms with E-state index in [-0.39, 0.29) is 11.4 Å². The van der Waals surface area contributed by atoms with Gasteiger partial charge in [0.05, 0.1) is 11.1 Å². The molecule has 5 heteroatoms. The van der Waals surface area contributed by atoms with E-state index >= 15 is 0 Å². The summed E-state index contributed by atoms with van der Waals surface area (Å²) in [5.74, 6) is -0.620. The second-order valence-corrected chi connectivity index (χ2v) is 3.36.